The first-order valence-electron chi connectivity index (χ1n) is 11.7. The van der Waals surface area contributed by atoms with E-state index >= 15 is 0 Å². The molecule has 0 radical (unpaired) electrons. The van der Waals surface area contributed by atoms with Crippen LogP contribution in [0.5, 0.6) is 0 Å². The average molecular weight is 425 g/mol. The van der Waals surface area contributed by atoms with Crippen molar-refractivity contribution in [2.45, 2.75) is 128 Å². The quantitative estimate of drug-likeness (QED) is 0.104. The number of rotatable bonds is 22. The normalized spacial score (nSPS) is 12.0. The Labute approximate surface area is 174 Å². The van der Waals surface area contributed by atoms with Crippen LogP contribution >= 0.6 is 19.2 Å². The van der Waals surface area contributed by atoms with E-state index in [0.29, 0.717) is 6.42 Å². The highest BCUT2D eigenvalue weighted by Crippen LogP contribution is 2.35. The lowest BCUT2D eigenvalue weighted by Crippen LogP contribution is -1.88. The van der Waals surface area contributed by atoms with Crippen LogP contribution in [-0.4, -0.2) is 21.8 Å². The van der Waals surface area contributed by atoms with Gasteiger partial charge >= 0.3 is 7.60 Å². The summed E-state index contributed by atoms with van der Waals surface area (Å²) in [5.74, 6) is 0.823. The topological polar surface area (TPSA) is 57.5 Å². The van der Waals surface area contributed by atoms with Gasteiger partial charge in [0.05, 0.1) is 0 Å². The summed E-state index contributed by atoms with van der Waals surface area (Å²) in [6.45, 7) is 0. The molecule has 2 N–H and O–H groups in total. The molecule has 164 valence electrons. The van der Waals surface area contributed by atoms with Crippen molar-refractivity contribution in [3.8, 4) is 0 Å². The van der Waals surface area contributed by atoms with Crippen LogP contribution in [0, 0.1) is 0 Å². The number of hydrogen-bond acceptors (Lipinski definition) is 1. The third-order valence-electron chi connectivity index (χ3n) is 5.33. The fraction of sp³-hybridized carbons (Fsp3) is 1.00. The first-order chi connectivity index (χ1) is 13.1. The zero-order chi connectivity index (χ0) is 20.1. The Morgan fingerprint density at radius 3 is 0.889 bits per heavy atom. The van der Waals surface area contributed by atoms with Crippen molar-refractivity contribution in [2.24, 2.45) is 0 Å². The van der Waals surface area contributed by atoms with Gasteiger partial charge in [-0.1, -0.05) is 116 Å². The SMILES string of the molecule is O=P(O)(O)CCCCCCCCCCCCCCCCCCCCCCCl. The molecule has 5 heteroatoms. The van der Waals surface area contributed by atoms with Crippen LogP contribution in [0.25, 0.3) is 0 Å². The van der Waals surface area contributed by atoms with Gasteiger partial charge in [-0.05, 0) is 12.8 Å². The first kappa shape index (κ1) is 27.4. The highest BCUT2D eigenvalue weighted by Gasteiger charge is 2.10. The van der Waals surface area contributed by atoms with E-state index in [4.69, 9.17) is 21.4 Å². The second-order valence-corrected chi connectivity index (χ2v) is 10.3. The summed E-state index contributed by atoms with van der Waals surface area (Å²) < 4.78 is 10.7. The van der Waals surface area contributed by atoms with Gasteiger partial charge in [0.1, 0.15) is 0 Å². The van der Waals surface area contributed by atoms with Crippen molar-refractivity contribution in [3.05, 3.63) is 0 Å². The summed E-state index contributed by atoms with van der Waals surface area (Å²) in [6.07, 6.45) is 25.9. The standard InChI is InChI=1S/C22H46ClO3P/c23-21-19-17-15-13-11-9-7-5-3-1-2-4-6-8-10-12-14-16-18-20-22-27(24,25)26/h1-22H2,(H2,24,25,26). The van der Waals surface area contributed by atoms with E-state index in [1.54, 1.807) is 0 Å². The van der Waals surface area contributed by atoms with Crippen molar-refractivity contribution in [1.82, 2.24) is 0 Å². The van der Waals surface area contributed by atoms with Gasteiger partial charge < -0.3 is 9.79 Å². The molecule has 0 atom stereocenters. The van der Waals surface area contributed by atoms with Crippen molar-refractivity contribution in [2.75, 3.05) is 12.0 Å². The van der Waals surface area contributed by atoms with Crippen molar-refractivity contribution < 1.29 is 14.4 Å². The molecule has 0 aliphatic heterocycles. The van der Waals surface area contributed by atoms with Gasteiger partial charge in [0.2, 0.25) is 0 Å². The Balaban J connectivity index is 3.02. The van der Waals surface area contributed by atoms with Gasteiger partial charge in [0, 0.05) is 12.0 Å². The van der Waals surface area contributed by atoms with Crippen LogP contribution in [0.2, 0.25) is 0 Å². The highest BCUT2D eigenvalue weighted by molar-refractivity contribution is 7.51. The molecule has 0 aliphatic carbocycles. The fourth-order valence-corrected chi connectivity index (χ4v) is 4.42. The van der Waals surface area contributed by atoms with E-state index in [2.05, 4.69) is 0 Å². The summed E-state index contributed by atoms with van der Waals surface area (Å²) in [4.78, 5) is 17.6. The van der Waals surface area contributed by atoms with E-state index in [9.17, 15) is 4.57 Å². The molecule has 0 heterocycles. The molecule has 0 fully saturated rings. The number of hydrogen-bond donors (Lipinski definition) is 2. The Hall–Kier alpha value is 0.440. The second-order valence-electron chi connectivity index (χ2n) is 8.15. The molecule has 27 heavy (non-hydrogen) atoms. The van der Waals surface area contributed by atoms with E-state index in [-0.39, 0.29) is 6.16 Å². The Bertz CT molecular complexity index is 334. The zero-order valence-electron chi connectivity index (χ0n) is 17.7. The van der Waals surface area contributed by atoms with Crippen molar-refractivity contribution >= 4 is 19.2 Å². The average Bonchev–Trinajstić information content (AvgIpc) is 2.62. The van der Waals surface area contributed by atoms with Gasteiger partial charge in [-0.2, -0.15) is 0 Å². The predicted molar refractivity (Wildman–Crippen MR) is 120 cm³/mol. The summed E-state index contributed by atoms with van der Waals surface area (Å²) in [5.41, 5.74) is 0. The molecule has 0 aromatic carbocycles. The van der Waals surface area contributed by atoms with Crippen LogP contribution in [0.3, 0.4) is 0 Å². The lowest BCUT2D eigenvalue weighted by atomic mass is 10.0. The minimum atomic E-state index is -3.76. The molecule has 0 aromatic heterocycles. The fourth-order valence-electron chi connectivity index (χ4n) is 3.59. The number of alkyl halides is 1. The van der Waals surface area contributed by atoms with Crippen LogP contribution in [-0.2, 0) is 4.57 Å². The summed E-state index contributed by atoms with van der Waals surface area (Å²) >= 11 is 5.68. The zero-order valence-corrected chi connectivity index (χ0v) is 19.3. The van der Waals surface area contributed by atoms with Gasteiger partial charge in [-0.25, -0.2) is 0 Å². The molecule has 0 amide bonds. The van der Waals surface area contributed by atoms with Crippen molar-refractivity contribution in [1.29, 1.82) is 0 Å². The highest BCUT2D eigenvalue weighted by atomic mass is 35.5. The van der Waals surface area contributed by atoms with Gasteiger partial charge in [-0.3, -0.25) is 4.57 Å². The lowest BCUT2D eigenvalue weighted by molar-refractivity contribution is 0.370. The maximum absolute atomic E-state index is 10.7. The Morgan fingerprint density at radius 1 is 0.444 bits per heavy atom. The van der Waals surface area contributed by atoms with Crippen LogP contribution in [0.15, 0.2) is 0 Å². The maximum Gasteiger partial charge on any atom is 0.325 e. The molecule has 0 aliphatic rings. The molecule has 0 saturated heterocycles. The van der Waals surface area contributed by atoms with Crippen LogP contribution in [0.1, 0.15) is 128 Å². The minimum absolute atomic E-state index is 0.0576. The van der Waals surface area contributed by atoms with Gasteiger partial charge in [-0.15, -0.1) is 11.6 Å². The van der Waals surface area contributed by atoms with E-state index in [1.807, 2.05) is 0 Å². The molecule has 0 bridgehead atoms. The maximum atomic E-state index is 10.7. The Kier molecular flexibility index (Phi) is 21.5. The largest absolute Gasteiger partial charge is 0.325 e. The summed E-state index contributed by atoms with van der Waals surface area (Å²) in [6, 6.07) is 0. The van der Waals surface area contributed by atoms with E-state index in [1.165, 1.54) is 109 Å². The predicted octanol–water partition coefficient (Wildman–Crippen LogP) is 8.20. The molecule has 0 saturated carbocycles. The van der Waals surface area contributed by atoms with Gasteiger partial charge in [0.15, 0.2) is 0 Å². The molecule has 0 aromatic rings. The van der Waals surface area contributed by atoms with E-state index < -0.39 is 7.60 Å². The van der Waals surface area contributed by atoms with Crippen LogP contribution < -0.4 is 0 Å². The molecule has 0 spiro atoms. The molecule has 3 nitrogen and oxygen atoms in total. The monoisotopic (exact) mass is 424 g/mol. The second kappa shape index (κ2) is 21.2. The molecular weight excluding hydrogens is 379 g/mol. The minimum Gasteiger partial charge on any atom is -0.324 e. The van der Waals surface area contributed by atoms with Crippen LogP contribution in [0.4, 0.5) is 0 Å². The van der Waals surface area contributed by atoms with E-state index in [0.717, 1.165) is 18.7 Å². The first-order valence-corrected chi connectivity index (χ1v) is 14.0. The smallest absolute Gasteiger partial charge is 0.324 e. The number of unbranched alkanes of at least 4 members (excludes halogenated alkanes) is 19. The summed E-state index contributed by atoms with van der Waals surface area (Å²) in [7, 11) is -3.76. The third kappa shape index (κ3) is 26.4. The number of halogens is 1. The molecule has 0 unspecified atom stereocenters. The van der Waals surface area contributed by atoms with Crippen molar-refractivity contribution in [3.63, 3.8) is 0 Å². The van der Waals surface area contributed by atoms with Gasteiger partial charge in [0.25, 0.3) is 0 Å². The molecule has 0 rings (SSSR count). The molecular formula is C22H46ClO3P. The Morgan fingerprint density at radius 2 is 0.667 bits per heavy atom. The third-order valence-corrected chi connectivity index (χ3v) is 6.50. The lowest BCUT2D eigenvalue weighted by Gasteiger charge is -2.04. The summed E-state index contributed by atoms with van der Waals surface area (Å²) in [5, 5.41) is 0.